The summed E-state index contributed by atoms with van der Waals surface area (Å²) in [5.74, 6) is -0.851. The van der Waals surface area contributed by atoms with Gasteiger partial charge in [-0.2, -0.15) is 0 Å². The lowest BCUT2D eigenvalue weighted by atomic mass is 10.0. The molecule has 1 fully saturated rings. The molecule has 4 nitrogen and oxygen atoms in total. The lowest BCUT2D eigenvalue weighted by Crippen LogP contribution is -2.11. The molecule has 1 aliphatic rings. The summed E-state index contributed by atoms with van der Waals surface area (Å²) in [5.41, 5.74) is 0.795. The predicted molar refractivity (Wildman–Crippen MR) is 66.8 cm³/mol. The fourth-order valence-electron chi connectivity index (χ4n) is 1.76. The van der Waals surface area contributed by atoms with Crippen LogP contribution in [0.25, 0.3) is 0 Å². The van der Waals surface area contributed by atoms with Crippen LogP contribution in [0.2, 0.25) is 5.02 Å². The zero-order valence-corrected chi connectivity index (χ0v) is 10.5. The van der Waals surface area contributed by atoms with Crippen molar-refractivity contribution in [3.63, 3.8) is 0 Å². The van der Waals surface area contributed by atoms with Gasteiger partial charge in [-0.05, 0) is 25.0 Å². The molecule has 0 unspecified atom stereocenters. The lowest BCUT2D eigenvalue weighted by molar-refractivity contribution is -0.114. The summed E-state index contributed by atoms with van der Waals surface area (Å²) in [5, 5.41) is 14.5. The van der Waals surface area contributed by atoms with E-state index in [-0.39, 0.29) is 28.1 Å². The van der Waals surface area contributed by atoms with Gasteiger partial charge in [0.1, 0.15) is 0 Å². The number of carbonyl (C=O) groups is 1. The van der Waals surface area contributed by atoms with E-state index in [1.165, 1.54) is 19.1 Å². The van der Waals surface area contributed by atoms with E-state index < -0.39 is 5.82 Å². The van der Waals surface area contributed by atoms with Crippen molar-refractivity contribution in [1.29, 1.82) is 0 Å². The number of hydrogen-bond acceptors (Lipinski definition) is 3. The van der Waals surface area contributed by atoms with Crippen LogP contribution in [0.15, 0.2) is 17.3 Å². The molecular weight excluding hydrogens is 259 g/mol. The van der Waals surface area contributed by atoms with E-state index in [2.05, 4.69) is 10.5 Å². The normalized spacial score (nSPS) is 15.6. The van der Waals surface area contributed by atoms with E-state index in [0.717, 1.165) is 12.8 Å². The molecule has 6 heteroatoms. The number of benzene rings is 1. The topological polar surface area (TPSA) is 61.7 Å². The molecule has 1 aliphatic carbocycles. The maximum Gasteiger partial charge on any atom is 0.221 e. The van der Waals surface area contributed by atoms with Crippen LogP contribution in [-0.4, -0.2) is 16.8 Å². The van der Waals surface area contributed by atoms with Crippen LogP contribution in [0.3, 0.4) is 0 Å². The number of halogens is 2. The molecule has 1 aromatic carbocycles. The van der Waals surface area contributed by atoms with Crippen molar-refractivity contribution < 1.29 is 14.4 Å². The first-order valence-electron chi connectivity index (χ1n) is 5.52. The molecule has 1 aromatic rings. The Kier molecular flexibility index (Phi) is 3.52. The number of oxime groups is 1. The number of carbonyl (C=O) groups excluding carboxylic acids is 1. The SMILES string of the molecule is CC(=O)Nc1cc(Cl)c(F)c(/C(=N/O)C2CC2)c1. The van der Waals surface area contributed by atoms with Crippen LogP contribution in [-0.2, 0) is 4.79 Å². The Labute approximate surface area is 108 Å². The molecule has 0 heterocycles. The third-order valence-corrected chi connectivity index (χ3v) is 2.97. The minimum absolute atomic E-state index is 0.0631. The molecule has 0 bridgehead atoms. The Morgan fingerprint density at radius 1 is 1.56 bits per heavy atom. The number of nitrogens with one attached hydrogen (secondary N) is 1. The highest BCUT2D eigenvalue weighted by molar-refractivity contribution is 6.31. The summed E-state index contributed by atoms with van der Waals surface area (Å²) in [6.45, 7) is 1.35. The molecule has 2 N–H and O–H groups in total. The van der Waals surface area contributed by atoms with Crippen molar-refractivity contribution in [1.82, 2.24) is 0 Å². The molecule has 0 atom stereocenters. The van der Waals surface area contributed by atoms with Crippen molar-refractivity contribution in [2.24, 2.45) is 11.1 Å². The molecule has 0 aliphatic heterocycles. The Morgan fingerprint density at radius 3 is 2.72 bits per heavy atom. The molecule has 0 radical (unpaired) electrons. The van der Waals surface area contributed by atoms with Gasteiger partial charge in [-0.25, -0.2) is 4.39 Å². The second-order valence-corrected chi connectivity index (χ2v) is 4.67. The average molecular weight is 271 g/mol. The van der Waals surface area contributed by atoms with Crippen LogP contribution < -0.4 is 5.32 Å². The second kappa shape index (κ2) is 4.94. The van der Waals surface area contributed by atoms with Crippen LogP contribution in [0, 0.1) is 11.7 Å². The van der Waals surface area contributed by atoms with Gasteiger partial charge in [0.15, 0.2) is 5.82 Å². The number of amides is 1. The highest BCUT2D eigenvalue weighted by atomic mass is 35.5. The van der Waals surface area contributed by atoms with Gasteiger partial charge in [0, 0.05) is 24.1 Å². The van der Waals surface area contributed by atoms with E-state index in [1.54, 1.807) is 0 Å². The number of anilines is 1. The maximum atomic E-state index is 13.9. The predicted octanol–water partition coefficient (Wildman–Crippen LogP) is 3.03. The molecule has 0 spiro atoms. The van der Waals surface area contributed by atoms with Gasteiger partial charge < -0.3 is 10.5 Å². The van der Waals surface area contributed by atoms with Crippen LogP contribution in [0.5, 0.6) is 0 Å². The third-order valence-electron chi connectivity index (χ3n) is 2.70. The fourth-order valence-corrected chi connectivity index (χ4v) is 1.98. The first-order valence-corrected chi connectivity index (χ1v) is 5.89. The van der Waals surface area contributed by atoms with Crippen molar-refractivity contribution >= 4 is 28.9 Å². The summed E-state index contributed by atoms with van der Waals surface area (Å²) in [7, 11) is 0. The van der Waals surface area contributed by atoms with E-state index in [0.29, 0.717) is 5.69 Å². The summed E-state index contributed by atoms with van der Waals surface area (Å²) >= 11 is 5.77. The maximum absolute atomic E-state index is 13.9. The molecule has 1 saturated carbocycles. The van der Waals surface area contributed by atoms with Crippen molar-refractivity contribution in [3.8, 4) is 0 Å². The van der Waals surface area contributed by atoms with E-state index in [1.807, 2.05) is 0 Å². The first kappa shape index (κ1) is 12.8. The number of hydrogen-bond donors (Lipinski definition) is 2. The quantitative estimate of drug-likeness (QED) is 0.504. The van der Waals surface area contributed by atoms with Crippen LogP contribution >= 0.6 is 11.6 Å². The van der Waals surface area contributed by atoms with Gasteiger partial charge in [-0.15, -0.1) is 0 Å². The monoisotopic (exact) mass is 270 g/mol. The van der Waals surface area contributed by atoms with E-state index in [4.69, 9.17) is 16.8 Å². The van der Waals surface area contributed by atoms with Gasteiger partial charge in [-0.1, -0.05) is 16.8 Å². The van der Waals surface area contributed by atoms with Gasteiger partial charge in [0.05, 0.1) is 10.7 Å². The summed E-state index contributed by atoms with van der Waals surface area (Å²) in [4.78, 5) is 11.0. The highest BCUT2D eigenvalue weighted by Gasteiger charge is 2.31. The Balaban J connectivity index is 2.44. The van der Waals surface area contributed by atoms with Crippen molar-refractivity contribution in [2.45, 2.75) is 19.8 Å². The Hall–Kier alpha value is -1.62. The second-order valence-electron chi connectivity index (χ2n) is 4.26. The molecule has 0 aromatic heterocycles. The number of nitrogens with zero attached hydrogens (tertiary/aromatic N) is 1. The van der Waals surface area contributed by atoms with Crippen LogP contribution in [0.4, 0.5) is 10.1 Å². The smallest absolute Gasteiger partial charge is 0.221 e. The van der Waals surface area contributed by atoms with E-state index >= 15 is 0 Å². The first-order chi connectivity index (χ1) is 8.52. The van der Waals surface area contributed by atoms with E-state index in [9.17, 15) is 9.18 Å². The minimum atomic E-state index is -0.634. The fraction of sp³-hybridized carbons (Fsp3) is 0.333. The van der Waals surface area contributed by atoms with Crippen molar-refractivity contribution in [2.75, 3.05) is 5.32 Å². The molecule has 96 valence electrons. The molecule has 18 heavy (non-hydrogen) atoms. The lowest BCUT2D eigenvalue weighted by Gasteiger charge is -2.10. The molecular formula is C12H12ClFN2O2. The Bertz CT molecular complexity index is 527. The zero-order chi connectivity index (χ0) is 13.3. The largest absolute Gasteiger partial charge is 0.411 e. The zero-order valence-electron chi connectivity index (χ0n) is 9.70. The van der Waals surface area contributed by atoms with Gasteiger partial charge in [-0.3, -0.25) is 4.79 Å². The van der Waals surface area contributed by atoms with Gasteiger partial charge >= 0.3 is 0 Å². The van der Waals surface area contributed by atoms with Crippen LogP contribution in [0.1, 0.15) is 25.3 Å². The summed E-state index contributed by atoms with van der Waals surface area (Å²) < 4.78 is 13.9. The Morgan fingerprint density at radius 2 is 2.22 bits per heavy atom. The standard InChI is InChI=1S/C12H12ClFN2O2/c1-6(17)15-8-4-9(11(14)10(13)5-8)12(16-18)7-2-3-7/h4-5,7,18H,2-3H2,1H3,(H,15,17)/b16-12+. The number of rotatable bonds is 3. The van der Waals surface area contributed by atoms with Crippen molar-refractivity contribution in [3.05, 3.63) is 28.5 Å². The van der Waals surface area contributed by atoms with Gasteiger partial charge in [0.25, 0.3) is 0 Å². The highest BCUT2D eigenvalue weighted by Crippen LogP contribution is 2.36. The molecule has 2 rings (SSSR count). The minimum Gasteiger partial charge on any atom is -0.411 e. The average Bonchev–Trinajstić information content (AvgIpc) is 3.09. The molecule has 0 saturated heterocycles. The van der Waals surface area contributed by atoms with Gasteiger partial charge in [0.2, 0.25) is 5.91 Å². The summed E-state index contributed by atoms with van der Waals surface area (Å²) in [6.07, 6.45) is 1.72. The summed E-state index contributed by atoms with van der Waals surface area (Å²) in [6, 6.07) is 2.75. The molecule has 1 amide bonds. The third kappa shape index (κ3) is 2.61.